The van der Waals surface area contributed by atoms with Gasteiger partial charge in [-0.1, -0.05) is 42.5 Å². The van der Waals surface area contributed by atoms with Crippen LogP contribution in [0.25, 0.3) is 5.69 Å². The molecule has 1 N–H and O–H groups in total. The predicted octanol–water partition coefficient (Wildman–Crippen LogP) is 3.33. The second-order valence-electron chi connectivity index (χ2n) is 7.14. The molecule has 1 atom stereocenters. The van der Waals surface area contributed by atoms with Crippen molar-refractivity contribution in [2.24, 2.45) is 4.99 Å². The molecule has 1 aromatic heterocycles. The minimum atomic E-state index is 0.0554. The first kappa shape index (κ1) is 19.2. The normalized spacial score (nSPS) is 17.4. The Morgan fingerprint density at radius 2 is 2.00 bits per heavy atom. The van der Waals surface area contributed by atoms with Gasteiger partial charge in [0.2, 0.25) is 0 Å². The minimum absolute atomic E-state index is 0.0554. The summed E-state index contributed by atoms with van der Waals surface area (Å²) in [5, 5.41) is 7.89. The van der Waals surface area contributed by atoms with Crippen molar-refractivity contribution in [3.63, 3.8) is 0 Å². The average molecular weight is 390 g/mol. The number of ether oxygens (including phenoxy) is 1. The number of aliphatic imine (C=N–C) groups is 1. The molecule has 1 saturated heterocycles. The van der Waals surface area contributed by atoms with Crippen LogP contribution in [0.5, 0.6) is 0 Å². The van der Waals surface area contributed by atoms with E-state index in [1.165, 1.54) is 16.7 Å². The summed E-state index contributed by atoms with van der Waals surface area (Å²) >= 11 is 0. The number of hydrogen-bond donors (Lipinski definition) is 1. The molecule has 1 fully saturated rings. The van der Waals surface area contributed by atoms with Crippen LogP contribution in [0.1, 0.15) is 22.8 Å². The molecule has 1 aliphatic heterocycles. The Kier molecular flexibility index (Phi) is 5.91. The van der Waals surface area contributed by atoms with E-state index in [9.17, 15) is 0 Å². The molecule has 4 rings (SSSR count). The van der Waals surface area contributed by atoms with Gasteiger partial charge in [-0.15, -0.1) is 0 Å². The van der Waals surface area contributed by atoms with Gasteiger partial charge in [0.05, 0.1) is 18.8 Å². The van der Waals surface area contributed by atoms with Crippen LogP contribution < -0.4 is 5.32 Å². The summed E-state index contributed by atoms with van der Waals surface area (Å²) in [5.74, 6) is 0.891. The SMILES string of the molecule is CN=C(NCc1ccccc1-n1cccn1)N1CCOC(c2ccccc2C)C1. The fourth-order valence-electron chi connectivity index (χ4n) is 3.78. The quantitative estimate of drug-likeness (QED) is 0.549. The third-order valence-electron chi connectivity index (χ3n) is 5.29. The van der Waals surface area contributed by atoms with Gasteiger partial charge in [0.15, 0.2) is 5.96 Å². The van der Waals surface area contributed by atoms with Gasteiger partial charge in [0, 0.05) is 32.5 Å². The number of rotatable bonds is 4. The van der Waals surface area contributed by atoms with Crippen molar-refractivity contribution in [1.29, 1.82) is 0 Å². The van der Waals surface area contributed by atoms with Crippen molar-refractivity contribution < 1.29 is 4.74 Å². The van der Waals surface area contributed by atoms with Crippen molar-refractivity contribution in [2.45, 2.75) is 19.6 Å². The Morgan fingerprint density at radius 1 is 1.17 bits per heavy atom. The number of hydrogen-bond acceptors (Lipinski definition) is 3. The van der Waals surface area contributed by atoms with Gasteiger partial charge in [-0.05, 0) is 35.7 Å². The summed E-state index contributed by atoms with van der Waals surface area (Å²) in [6, 6.07) is 18.6. The summed E-state index contributed by atoms with van der Waals surface area (Å²) in [6.07, 6.45) is 3.81. The molecule has 150 valence electrons. The number of para-hydroxylation sites is 1. The number of benzene rings is 2. The van der Waals surface area contributed by atoms with Crippen molar-refractivity contribution in [1.82, 2.24) is 20.0 Å². The van der Waals surface area contributed by atoms with E-state index in [2.05, 4.69) is 69.7 Å². The molecule has 2 aromatic carbocycles. The van der Waals surface area contributed by atoms with Gasteiger partial charge in [0.25, 0.3) is 0 Å². The maximum absolute atomic E-state index is 6.06. The lowest BCUT2D eigenvalue weighted by molar-refractivity contribution is -0.00833. The van der Waals surface area contributed by atoms with Crippen molar-refractivity contribution >= 4 is 5.96 Å². The molecular formula is C23H27N5O. The lowest BCUT2D eigenvalue weighted by Crippen LogP contribution is -2.48. The van der Waals surface area contributed by atoms with Crippen LogP contribution in [0.2, 0.25) is 0 Å². The maximum atomic E-state index is 6.06. The zero-order chi connectivity index (χ0) is 20.1. The third-order valence-corrected chi connectivity index (χ3v) is 5.29. The Balaban J connectivity index is 1.46. The van der Waals surface area contributed by atoms with E-state index < -0.39 is 0 Å². The maximum Gasteiger partial charge on any atom is 0.194 e. The summed E-state index contributed by atoms with van der Waals surface area (Å²) in [5.41, 5.74) is 4.74. The molecule has 1 aliphatic rings. The van der Waals surface area contributed by atoms with Crippen molar-refractivity contribution in [3.8, 4) is 5.69 Å². The van der Waals surface area contributed by atoms with E-state index in [0.717, 1.165) is 24.7 Å². The number of morpholine rings is 1. The van der Waals surface area contributed by atoms with Gasteiger partial charge in [-0.3, -0.25) is 4.99 Å². The first-order chi connectivity index (χ1) is 14.3. The van der Waals surface area contributed by atoms with E-state index in [-0.39, 0.29) is 6.10 Å². The molecule has 0 amide bonds. The van der Waals surface area contributed by atoms with Gasteiger partial charge >= 0.3 is 0 Å². The van der Waals surface area contributed by atoms with Crippen LogP contribution in [0.4, 0.5) is 0 Å². The van der Waals surface area contributed by atoms with Gasteiger partial charge in [-0.25, -0.2) is 4.68 Å². The van der Waals surface area contributed by atoms with E-state index in [1.807, 2.05) is 30.1 Å². The molecule has 2 heterocycles. The molecule has 6 nitrogen and oxygen atoms in total. The highest BCUT2D eigenvalue weighted by molar-refractivity contribution is 5.80. The van der Waals surface area contributed by atoms with Gasteiger partial charge in [-0.2, -0.15) is 5.10 Å². The molecule has 1 unspecified atom stereocenters. The summed E-state index contributed by atoms with van der Waals surface area (Å²) in [6.45, 7) is 5.10. The van der Waals surface area contributed by atoms with Crippen LogP contribution in [0, 0.1) is 6.92 Å². The number of aryl methyl sites for hydroxylation is 1. The molecule has 0 radical (unpaired) electrons. The number of nitrogens with zero attached hydrogens (tertiary/aromatic N) is 4. The van der Waals surface area contributed by atoms with E-state index in [0.29, 0.717) is 13.2 Å². The lowest BCUT2D eigenvalue weighted by Gasteiger charge is -2.35. The van der Waals surface area contributed by atoms with E-state index in [1.54, 1.807) is 6.20 Å². The monoisotopic (exact) mass is 389 g/mol. The average Bonchev–Trinajstić information content (AvgIpc) is 3.30. The molecule has 0 bridgehead atoms. The Labute approximate surface area is 171 Å². The van der Waals surface area contributed by atoms with Crippen LogP contribution in [-0.2, 0) is 11.3 Å². The molecule has 0 spiro atoms. The summed E-state index contributed by atoms with van der Waals surface area (Å²) in [4.78, 5) is 6.80. The lowest BCUT2D eigenvalue weighted by atomic mass is 10.0. The highest BCUT2D eigenvalue weighted by Gasteiger charge is 2.25. The topological polar surface area (TPSA) is 54.7 Å². The van der Waals surface area contributed by atoms with Crippen molar-refractivity contribution in [2.75, 3.05) is 26.7 Å². The Morgan fingerprint density at radius 3 is 2.79 bits per heavy atom. The smallest absolute Gasteiger partial charge is 0.194 e. The highest BCUT2D eigenvalue weighted by Crippen LogP contribution is 2.25. The van der Waals surface area contributed by atoms with Crippen LogP contribution in [0.3, 0.4) is 0 Å². The van der Waals surface area contributed by atoms with Crippen LogP contribution >= 0.6 is 0 Å². The first-order valence-corrected chi connectivity index (χ1v) is 9.97. The number of nitrogens with one attached hydrogen (secondary N) is 1. The van der Waals surface area contributed by atoms with Crippen LogP contribution in [-0.4, -0.2) is 47.4 Å². The Bertz CT molecular complexity index is 967. The number of aromatic nitrogens is 2. The summed E-state index contributed by atoms with van der Waals surface area (Å²) < 4.78 is 7.96. The molecule has 29 heavy (non-hydrogen) atoms. The van der Waals surface area contributed by atoms with Gasteiger partial charge < -0.3 is 15.0 Å². The number of guanidine groups is 1. The van der Waals surface area contributed by atoms with Gasteiger partial charge in [0.1, 0.15) is 6.10 Å². The third kappa shape index (κ3) is 4.32. The summed E-state index contributed by atoms with van der Waals surface area (Å²) in [7, 11) is 1.83. The fourth-order valence-corrected chi connectivity index (χ4v) is 3.78. The van der Waals surface area contributed by atoms with E-state index >= 15 is 0 Å². The van der Waals surface area contributed by atoms with Crippen molar-refractivity contribution in [3.05, 3.63) is 83.7 Å². The largest absolute Gasteiger partial charge is 0.370 e. The standard InChI is InChI=1S/C23H27N5O/c1-18-8-3-5-10-20(18)22-17-27(14-15-29-22)23(24-2)25-16-19-9-4-6-11-21(19)28-13-7-12-26-28/h3-13,22H,14-17H2,1-2H3,(H,24,25). The second-order valence-corrected chi connectivity index (χ2v) is 7.14. The fraction of sp³-hybridized carbons (Fsp3) is 0.304. The minimum Gasteiger partial charge on any atom is -0.370 e. The molecule has 0 aliphatic carbocycles. The Hall–Kier alpha value is -3.12. The zero-order valence-electron chi connectivity index (χ0n) is 17.0. The van der Waals surface area contributed by atoms with Crippen LogP contribution in [0.15, 0.2) is 72.0 Å². The molecular weight excluding hydrogens is 362 g/mol. The zero-order valence-corrected chi connectivity index (χ0v) is 17.0. The van der Waals surface area contributed by atoms with E-state index in [4.69, 9.17) is 4.74 Å². The molecule has 6 heteroatoms. The highest BCUT2D eigenvalue weighted by atomic mass is 16.5. The second kappa shape index (κ2) is 8.92. The molecule has 0 saturated carbocycles. The predicted molar refractivity (Wildman–Crippen MR) is 115 cm³/mol. The molecule has 3 aromatic rings. The first-order valence-electron chi connectivity index (χ1n) is 9.97.